The van der Waals surface area contributed by atoms with Crippen molar-refractivity contribution in [3.8, 4) is 6.07 Å². The number of nitrogens with one attached hydrogen (secondary N) is 1. The molecule has 1 aromatic rings. The summed E-state index contributed by atoms with van der Waals surface area (Å²) in [6.07, 6.45) is 1.35. The highest BCUT2D eigenvalue weighted by Crippen LogP contribution is 2.23. The summed E-state index contributed by atoms with van der Waals surface area (Å²) < 4.78 is 51.8. The predicted octanol–water partition coefficient (Wildman–Crippen LogP) is 3.35. The van der Waals surface area contributed by atoms with Gasteiger partial charge in [0, 0.05) is 19.0 Å². The number of benzene rings is 1. The zero-order chi connectivity index (χ0) is 12.8. The van der Waals surface area contributed by atoms with E-state index in [1.54, 1.807) is 0 Å². The molecule has 0 unspecified atom stereocenters. The highest BCUT2D eigenvalue weighted by atomic mass is 19.2. The van der Waals surface area contributed by atoms with Crippen molar-refractivity contribution in [1.82, 2.24) is 0 Å². The largest absolute Gasteiger partial charge is 0.380 e. The van der Waals surface area contributed by atoms with Crippen LogP contribution >= 0.6 is 0 Å². The molecule has 0 bridgehead atoms. The van der Waals surface area contributed by atoms with E-state index in [1.807, 2.05) is 6.07 Å². The molecule has 17 heavy (non-hydrogen) atoms. The topological polar surface area (TPSA) is 35.8 Å². The average Bonchev–Trinajstić information content (AvgIpc) is 2.30. The number of hydrogen-bond acceptors (Lipinski definition) is 2. The molecule has 1 aromatic carbocycles. The summed E-state index contributed by atoms with van der Waals surface area (Å²) in [4.78, 5) is 0. The molecule has 1 N–H and O–H groups in total. The van der Waals surface area contributed by atoms with Crippen LogP contribution in [0.2, 0.25) is 0 Å². The molecular formula is C11H10F4N2. The van der Waals surface area contributed by atoms with Crippen LogP contribution < -0.4 is 5.32 Å². The van der Waals surface area contributed by atoms with Gasteiger partial charge in [-0.3, -0.25) is 0 Å². The highest BCUT2D eigenvalue weighted by molar-refractivity contribution is 5.47. The van der Waals surface area contributed by atoms with Crippen LogP contribution in [0.5, 0.6) is 0 Å². The van der Waals surface area contributed by atoms with Gasteiger partial charge in [-0.2, -0.15) is 5.26 Å². The van der Waals surface area contributed by atoms with Crippen LogP contribution in [0.3, 0.4) is 0 Å². The molecule has 0 aliphatic carbocycles. The van der Waals surface area contributed by atoms with E-state index < -0.39 is 29.0 Å². The van der Waals surface area contributed by atoms with Crippen molar-refractivity contribution in [3.05, 3.63) is 29.3 Å². The summed E-state index contributed by atoms with van der Waals surface area (Å²) in [5.41, 5.74) is -0.806. The lowest BCUT2D eigenvalue weighted by molar-refractivity contribution is 0.458. The Morgan fingerprint density at radius 2 is 1.65 bits per heavy atom. The molecule has 0 saturated carbocycles. The number of nitrogens with zero attached hydrogens (tertiary/aromatic N) is 1. The Hall–Kier alpha value is -1.77. The quantitative estimate of drug-likeness (QED) is 0.491. The number of unbranched alkanes of at least 4 members (excludes halogenated alkanes) is 2. The third kappa shape index (κ3) is 3.34. The van der Waals surface area contributed by atoms with Gasteiger partial charge in [0.25, 0.3) is 0 Å². The number of rotatable bonds is 5. The lowest BCUT2D eigenvalue weighted by Gasteiger charge is -2.09. The van der Waals surface area contributed by atoms with Crippen molar-refractivity contribution in [2.45, 2.75) is 19.3 Å². The second-order valence-electron chi connectivity index (χ2n) is 3.39. The van der Waals surface area contributed by atoms with Gasteiger partial charge < -0.3 is 5.32 Å². The van der Waals surface area contributed by atoms with Gasteiger partial charge in [-0.15, -0.1) is 0 Å². The minimum Gasteiger partial charge on any atom is -0.380 e. The van der Waals surface area contributed by atoms with Crippen molar-refractivity contribution in [2.24, 2.45) is 0 Å². The molecule has 6 heteroatoms. The van der Waals surface area contributed by atoms with Crippen LogP contribution in [0.1, 0.15) is 19.3 Å². The zero-order valence-corrected chi connectivity index (χ0v) is 8.86. The molecule has 0 fully saturated rings. The number of hydrogen-bond donors (Lipinski definition) is 1. The molecule has 1 rings (SSSR count). The Bertz CT molecular complexity index is 414. The fourth-order valence-corrected chi connectivity index (χ4v) is 1.27. The van der Waals surface area contributed by atoms with Crippen molar-refractivity contribution >= 4 is 5.69 Å². The zero-order valence-electron chi connectivity index (χ0n) is 8.86. The first kappa shape index (κ1) is 13.3. The van der Waals surface area contributed by atoms with E-state index in [-0.39, 0.29) is 12.6 Å². The first-order valence-electron chi connectivity index (χ1n) is 5.01. The van der Waals surface area contributed by atoms with Gasteiger partial charge in [0.05, 0.1) is 6.07 Å². The smallest absolute Gasteiger partial charge is 0.185 e. The standard InChI is InChI=1S/C11H10F4N2/c12-7-6-8(13)10(15)11(9(7)14)17-5-3-1-2-4-16/h6,17H,1-3,5H2. The van der Waals surface area contributed by atoms with Crippen LogP contribution in [-0.2, 0) is 0 Å². The first-order valence-corrected chi connectivity index (χ1v) is 5.01. The van der Waals surface area contributed by atoms with Crippen LogP contribution in [0.15, 0.2) is 6.07 Å². The van der Waals surface area contributed by atoms with Crippen LogP contribution in [0, 0.1) is 34.6 Å². The van der Waals surface area contributed by atoms with Crippen molar-refractivity contribution < 1.29 is 17.6 Å². The summed E-state index contributed by atoms with van der Waals surface area (Å²) in [6, 6.07) is 2.07. The molecule has 92 valence electrons. The Kier molecular flexibility index (Phi) is 4.76. The minimum atomic E-state index is -1.44. The minimum absolute atomic E-state index is 0.137. The number of nitriles is 1. The van der Waals surface area contributed by atoms with Gasteiger partial charge in [-0.1, -0.05) is 0 Å². The number of halogens is 4. The molecule has 0 heterocycles. The maximum atomic E-state index is 13.1. The maximum absolute atomic E-state index is 13.1. The summed E-state index contributed by atoms with van der Waals surface area (Å²) in [7, 11) is 0. The third-order valence-electron chi connectivity index (χ3n) is 2.13. The summed E-state index contributed by atoms with van der Waals surface area (Å²) in [6.45, 7) is 0.137. The molecule has 2 nitrogen and oxygen atoms in total. The lowest BCUT2D eigenvalue weighted by Crippen LogP contribution is -2.08. The molecular weight excluding hydrogens is 236 g/mol. The molecule has 0 aromatic heterocycles. The van der Waals surface area contributed by atoms with Gasteiger partial charge in [-0.25, -0.2) is 17.6 Å². The molecule has 0 saturated heterocycles. The molecule has 0 aliphatic heterocycles. The second-order valence-corrected chi connectivity index (χ2v) is 3.39. The van der Waals surface area contributed by atoms with E-state index >= 15 is 0 Å². The van der Waals surface area contributed by atoms with Crippen LogP contribution in [0.25, 0.3) is 0 Å². The highest BCUT2D eigenvalue weighted by Gasteiger charge is 2.18. The Morgan fingerprint density at radius 3 is 2.18 bits per heavy atom. The Labute approximate surface area is 95.9 Å². The van der Waals surface area contributed by atoms with Crippen LogP contribution in [-0.4, -0.2) is 6.54 Å². The van der Waals surface area contributed by atoms with Gasteiger partial charge in [0.15, 0.2) is 23.3 Å². The lowest BCUT2D eigenvalue weighted by atomic mass is 10.2. The Morgan fingerprint density at radius 1 is 1.06 bits per heavy atom. The van der Waals surface area contributed by atoms with Crippen LogP contribution in [0.4, 0.5) is 23.2 Å². The fraction of sp³-hybridized carbons (Fsp3) is 0.364. The van der Waals surface area contributed by atoms with E-state index in [0.29, 0.717) is 19.3 Å². The number of anilines is 1. The summed E-state index contributed by atoms with van der Waals surface area (Å²) in [5.74, 6) is -5.76. The van der Waals surface area contributed by atoms with E-state index in [4.69, 9.17) is 5.26 Å². The normalized spacial score (nSPS) is 10.1. The predicted molar refractivity (Wildman–Crippen MR) is 54.2 cm³/mol. The second kappa shape index (κ2) is 6.09. The van der Waals surface area contributed by atoms with Gasteiger partial charge in [0.2, 0.25) is 0 Å². The molecule has 0 spiro atoms. The van der Waals surface area contributed by atoms with Gasteiger partial charge >= 0.3 is 0 Å². The van der Waals surface area contributed by atoms with Gasteiger partial charge in [0.1, 0.15) is 5.69 Å². The third-order valence-corrected chi connectivity index (χ3v) is 2.13. The fourth-order valence-electron chi connectivity index (χ4n) is 1.27. The molecule has 0 aliphatic rings. The Balaban J connectivity index is 2.68. The van der Waals surface area contributed by atoms with Crippen molar-refractivity contribution in [1.29, 1.82) is 5.26 Å². The molecule has 0 atom stereocenters. The SMILES string of the molecule is N#CCCCCNc1c(F)c(F)cc(F)c1F. The summed E-state index contributed by atoms with van der Waals surface area (Å²) >= 11 is 0. The van der Waals surface area contributed by atoms with E-state index in [0.717, 1.165) is 0 Å². The average molecular weight is 246 g/mol. The van der Waals surface area contributed by atoms with E-state index in [1.165, 1.54) is 0 Å². The van der Waals surface area contributed by atoms with Crippen molar-refractivity contribution in [2.75, 3.05) is 11.9 Å². The van der Waals surface area contributed by atoms with Crippen molar-refractivity contribution in [3.63, 3.8) is 0 Å². The molecule has 0 radical (unpaired) electrons. The summed E-state index contributed by atoms with van der Waals surface area (Å²) in [5, 5.41) is 10.5. The molecule has 0 amide bonds. The first-order chi connectivity index (χ1) is 8.07. The maximum Gasteiger partial charge on any atom is 0.185 e. The van der Waals surface area contributed by atoms with Gasteiger partial charge in [-0.05, 0) is 12.8 Å². The van der Waals surface area contributed by atoms with E-state index in [9.17, 15) is 17.6 Å². The monoisotopic (exact) mass is 246 g/mol. The van der Waals surface area contributed by atoms with E-state index in [2.05, 4.69) is 5.32 Å².